The second-order valence-electron chi connectivity index (χ2n) is 7.30. The number of anilines is 3. The Hall–Kier alpha value is -2.92. The van der Waals surface area contributed by atoms with Crippen LogP contribution in [0.1, 0.15) is 16.0 Å². The van der Waals surface area contributed by atoms with Gasteiger partial charge in [0.25, 0.3) is 0 Å². The van der Waals surface area contributed by atoms with Crippen molar-refractivity contribution in [2.24, 2.45) is 0 Å². The molecular weight excluding hydrogens is 364 g/mol. The number of hydrogen-bond acceptors (Lipinski definition) is 5. The van der Waals surface area contributed by atoms with E-state index < -0.39 is 0 Å². The van der Waals surface area contributed by atoms with Crippen molar-refractivity contribution in [2.75, 3.05) is 24.3 Å². The highest BCUT2D eigenvalue weighted by atomic mass is 32.1. The second kappa shape index (κ2) is 7.24. The van der Waals surface area contributed by atoms with Gasteiger partial charge in [-0.05, 0) is 61.7 Å². The molecule has 0 unspecified atom stereocenters. The normalized spacial score (nSPS) is 11.0. The van der Waals surface area contributed by atoms with Crippen molar-refractivity contribution in [3.8, 4) is 11.1 Å². The summed E-state index contributed by atoms with van der Waals surface area (Å²) in [5, 5.41) is 4.59. The monoisotopic (exact) mass is 388 g/mol. The van der Waals surface area contributed by atoms with E-state index in [1.54, 1.807) is 17.7 Å². The van der Waals surface area contributed by atoms with Crippen molar-refractivity contribution in [2.45, 2.75) is 20.8 Å². The number of rotatable bonds is 4. The highest BCUT2D eigenvalue weighted by Gasteiger charge is 2.17. The average molecular weight is 389 g/mol. The van der Waals surface area contributed by atoms with Crippen LogP contribution in [0.4, 0.5) is 17.2 Å². The summed E-state index contributed by atoms with van der Waals surface area (Å²) >= 11 is 1.72. The van der Waals surface area contributed by atoms with Crippen molar-refractivity contribution in [3.05, 3.63) is 64.8 Å². The molecular formula is C23H24N4S. The molecule has 0 amide bonds. The third kappa shape index (κ3) is 3.34. The molecule has 28 heavy (non-hydrogen) atoms. The molecule has 5 heteroatoms. The molecule has 4 nitrogen and oxygen atoms in total. The van der Waals surface area contributed by atoms with Crippen LogP contribution in [0.25, 0.3) is 21.3 Å². The fourth-order valence-corrected chi connectivity index (χ4v) is 4.38. The van der Waals surface area contributed by atoms with Crippen LogP contribution in [0, 0.1) is 20.8 Å². The van der Waals surface area contributed by atoms with E-state index in [9.17, 15) is 0 Å². The topological polar surface area (TPSA) is 41.1 Å². The van der Waals surface area contributed by atoms with Crippen molar-refractivity contribution in [1.29, 1.82) is 0 Å². The number of aryl methyl sites for hydroxylation is 3. The van der Waals surface area contributed by atoms with Gasteiger partial charge in [-0.25, -0.2) is 9.97 Å². The average Bonchev–Trinajstić information content (AvgIpc) is 3.01. The predicted octanol–water partition coefficient (Wildman–Crippen LogP) is 6.09. The summed E-state index contributed by atoms with van der Waals surface area (Å²) in [7, 11) is 4.08. The largest absolute Gasteiger partial charge is 0.378 e. The first-order chi connectivity index (χ1) is 13.4. The number of thiophene rings is 1. The Morgan fingerprint density at radius 3 is 2.32 bits per heavy atom. The fourth-order valence-electron chi connectivity index (χ4n) is 3.36. The van der Waals surface area contributed by atoms with Crippen LogP contribution in [0.15, 0.2) is 48.8 Å². The van der Waals surface area contributed by atoms with Gasteiger partial charge in [-0.2, -0.15) is 0 Å². The molecule has 4 rings (SSSR count). The van der Waals surface area contributed by atoms with E-state index in [0.717, 1.165) is 21.7 Å². The number of nitrogens with zero attached hydrogens (tertiary/aromatic N) is 3. The lowest BCUT2D eigenvalue weighted by atomic mass is 9.99. The smallest absolute Gasteiger partial charge is 0.143 e. The van der Waals surface area contributed by atoms with E-state index in [0.29, 0.717) is 0 Å². The summed E-state index contributed by atoms with van der Waals surface area (Å²) < 4.78 is 0. The maximum atomic E-state index is 4.57. The van der Waals surface area contributed by atoms with E-state index >= 15 is 0 Å². The third-order valence-electron chi connectivity index (χ3n) is 5.11. The lowest BCUT2D eigenvalue weighted by Crippen LogP contribution is -2.08. The molecule has 2 aromatic carbocycles. The van der Waals surface area contributed by atoms with Gasteiger partial charge in [-0.3, -0.25) is 0 Å². The Kier molecular flexibility index (Phi) is 4.77. The zero-order chi connectivity index (χ0) is 19.8. The van der Waals surface area contributed by atoms with Crippen LogP contribution in [-0.4, -0.2) is 24.1 Å². The SMILES string of the molecule is Cc1ccc(-c2c(C)sc3ncnc(Nc4ccc(N(C)C)cc4)c23)cc1C. The molecule has 0 atom stereocenters. The molecule has 2 heterocycles. The first-order valence-corrected chi connectivity index (χ1v) is 10.1. The first kappa shape index (κ1) is 18.4. The van der Waals surface area contributed by atoms with Crippen LogP contribution in [-0.2, 0) is 0 Å². The highest BCUT2D eigenvalue weighted by molar-refractivity contribution is 7.19. The Morgan fingerprint density at radius 2 is 1.64 bits per heavy atom. The van der Waals surface area contributed by atoms with Gasteiger partial charge in [0, 0.05) is 35.9 Å². The van der Waals surface area contributed by atoms with Crippen molar-refractivity contribution in [3.63, 3.8) is 0 Å². The third-order valence-corrected chi connectivity index (χ3v) is 6.12. The first-order valence-electron chi connectivity index (χ1n) is 9.30. The molecule has 0 spiro atoms. The van der Waals surface area contributed by atoms with Gasteiger partial charge in [0.05, 0.1) is 5.39 Å². The molecule has 0 radical (unpaired) electrons. The van der Waals surface area contributed by atoms with Crippen LogP contribution in [0.2, 0.25) is 0 Å². The Bertz CT molecular complexity index is 1140. The van der Waals surface area contributed by atoms with Gasteiger partial charge in [-0.1, -0.05) is 18.2 Å². The van der Waals surface area contributed by atoms with Gasteiger partial charge in [0.2, 0.25) is 0 Å². The van der Waals surface area contributed by atoms with E-state index in [1.807, 2.05) is 14.1 Å². The quantitative estimate of drug-likeness (QED) is 0.459. The van der Waals surface area contributed by atoms with E-state index in [2.05, 4.69) is 83.4 Å². The molecule has 0 saturated heterocycles. The molecule has 0 aliphatic rings. The minimum absolute atomic E-state index is 0.847. The Morgan fingerprint density at radius 1 is 0.893 bits per heavy atom. The molecule has 1 N–H and O–H groups in total. The molecule has 0 aliphatic heterocycles. The van der Waals surface area contributed by atoms with Gasteiger partial charge in [0.15, 0.2) is 0 Å². The second-order valence-corrected chi connectivity index (χ2v) is 8.50. The van der Waals surface area contributed by atoms with Crippen molar-refractivity contribution < 1.29 is 0 Å². The van der Waals surface area contributed by atoms with Gasteiger partial charge >= 0.3 is 0 Å². The number of nitrogens with one attached hydrogen (secondary N) is 1. The summed E-state index contributed by atoms with van der Waals surface area (Å²) in [5.74, 6) is 0.847. The zero-order valence-electron chi connectivity index (χ0n) is 16.9. The van der Waals surface area contributed by atoms with E-state index in [4.69, 9.17) is 0 Å². The maximum absolute atomic E-state index is 4.57. The molecule has 0 fully saturated rings. The van der Waals surface area contributed by atoms with Gasteiger partial charge in [0.1, 0.15) is 17.0 Å². The number of aromatic nitrogens is 2. The zero-order valence-corrected chi connectivity index (χ0v) is 17.7. The summed E-state index contributed by atoms with van der Waals surface area (Å²) in [6.07, 6.45) is 1.64. The summed E-state index contributed by atoms with van der Waals surface area (Å²) in [6, 6.07) is 15.0. The van der Waals surface area contributed by atoms with Crippen LogP contribution in [0.5, 0.6) is 0 Å². The van der Waals surface area contributed by atoms with Crippen molar-refractivity contribution >= 4 is 38.7 Å². The van der Waals surface area contributed by atoms with Crippen LogP contribution in [0.3, 0.4) is 0 Å². The van der Waals surface area contributed by atoms with Gasteiger partial charge < -0.3 is 10.2 Å². The highest BCUT2D eigenvalue weighted by Crippen LogP contribution is 2.41. The maximum Gasteiger partial charge on any atom is 0.143 e. The Balaban J connectivity index is 1.82. The van der Waals surface area contributed by atoms with E-state index in [-0.39, 0.29) is 0 Å². The predicted molar refractivity (Wildman–Crippen MR) is 121 cm³/mol. The number of hydrogen-bond donors (Lipinski definition) is 1. The molecule has 0 saturated carbocycles. The summed E-state index contributed by atoms with van der Waals surface area (Å²) in [4.78, 5) is 13.5. The lowest BCUT2D eigenvalue weighted by Gasteiger charge is -2.14. The number of benzene rings is 2. The standard InChI is InChI=1S/C23H24N4S/c1-14-6-7-17(12-15(14)2)20-16(3)28-23-21(20)22(24-13-25-23)26-18-8-10-19(11-9-18)27(4)5/h6-13H,1-5H3,(H,24,25,26). The molecule has 2 aromatic heterocycles. The molecule has 0 aliphatic carbocycles. The molecule has 0 bridgehead atoms. The Labute approximate surface area is 169 Å². The van der Waals surface area contributed by atoms with Crippen LogP contribution >= 0.6 is 11.3 Å². The minimum atomic E-state index is 0.847. The molecule has 142 valence electrons. The summed E-state index contributed by atoms with van der Waals surface area (Å²) in [6.45, 7) is 6.46. The fraction of sp³-hybridized carbons (Fsp3) is 0.217. The minimum Gasteiger partial charge on any atom is -0.378 e. The summed E-state index contributed by atoms with van der Waals surface area (Å²) in [5.41, 5.74) is 7.21. The van der Waals surface area contributed by atoms with E-state index in [1.165, 1.54) is 32.8 Å². The van der Waals surface area contributed by atoms with Crippen molar-refractivity contribution in [1.82, 2.24) is 9.97 Å². The molecule has 4 aromatic rings. The lowest BCUT2D eigenvalue weighted by molar-refractivity contribution is 1.13. The number of fused-ring (bicyclic) bond motifs is 1. The van der Waals surface area contributed by atoms with Gasteiger partial charge in [-0.15, -0.1) is 11.3 Å². The van der Waals surface area contributed by atoms with Crippen LogP contribution < -0.4 is 10.2 Å².